The summed E-state index contributed by atoms with van der Waals surface area (Å²) < 4.78 is 5.47. The minimum absolute atomic E-state index is 0.0925. The van der Waals surface area contributed by atoms with E-state index in [1.54, 1.807) is 6.33 Å². The zero-order chi connectivity index (χ0) is 17.5. The van der Waals surface area contributed by atoms with Gasteiger partial charge < -0.3 is 15.8 Å². The molecular weight excluding hydrogens is 312 g/mol. The van der Waals surface area contributed by atoms with Crippen molar-refractivity contribution in [3.05, 3.63) is 72.6 Å². The predicted octanol–water partition coefficient (Wildman–Crippen LogP) is 3.65. The summed E-state index contributed by atoms with van der Waals surface area (Å²) in [6, 6.07) is 19.7. The Balaban J connectivity index is 1.67. The molecule has 0 aliphatic heterocycles. The third-order valence-electron chi connectivity index (χ3n) is 3.86. The number of nitrogens with zero attached hydrogens (tertiary/aromatic N) is 2. The molecule has 3 rings (SSSR count). The number of nitrogens with one attached hydrogen (secondary N) is 1. The Morgan fingerprint density at radius 3 is 2.52 bits per heavy atom. The molecule has 1 aromatic heterocycles. The summed E-state index contributed by atoms with van der Waals surface area (Å²) >= 11 is 0. The van der Waals surface area contributed by atoms with Crippen LogP contribution in [0.25, 0.3) is 11.3 Å². The molecule has 0 fully saturated rings. The van der Waals surface area contributed by atoms with E-state index in [4.69, 9.17) is 10.5 Å². The molecule has 0 aliphatic rings. The van der Waals surface area contributed by atoms with Gasteiger partial charge in [0.2, 0.25) is 0 Å². The van der Waals surface area contributed by atoms with Gasteiger partial charge in [-0.25, -0.2) is 9.97 Å². The summed E-state index contributed by atoms with van der Waals surface area (Å²) in [6.45, 7) is 3.22. The number of anilines is 1. The van der Waals surface area contributed by atoms with E-state index in [1.165, 1.54) is 0 Å². The number of hydrogen-bond donors (Lipinski definition) is 2. The Kier molecular flexibility index (Phi) is 5.59. The molecule has 0 aliphatic carbocycles. The Morgan fingerprint density at radius 1 is 1.04 bits per heavy atom. The second-order valence-corrected chi connectivity index (χ2v) is 5.64. The Labute approximate surface area is 147 Å². The van der Waals surface area contributed by atoms with E-state index < -0.39 is 0 Å². The van der Waals surface area contributed by atoms with Crippen molar-refractivity contribution in [3.8, 4) is 17.0 Å². The topological polar surface area (TPSA) is 73.1 Å². The molecule has 0 saturated carbocycles. The monoisotopic (exact) mass is 334 g/mol. The average molecular weight is 334 g/mol. The predicted molar refractivity (Wildman–Crippen MR) is 100 cm³/mol. The molecule has 1 unspecified atom stereocenters. The SMILES string of the molecule is CCOc1ccc(-c2cc(NCC(N)c3ccccc3)ncn2)cc1. The van der Waals surface area contributed by atoms with Gasteiger partial charge in [0, 0.05) is 24.2 Å². The van der Waals surface area contributed by atoms with Gasteiger partial charge in [0.15, 0.2) is 0 Å². The van der Waals surface area contributed by atoms with Crippen molar-refractivity contribution >= 4 is 5.82 Å². The molecule has 0 spiro atoms. The molecular formula is C20H22N4O. The highest BCUT2D eigenvalue weighted by atomic mass is 16.5. The Morgan fingerprint density at radius 2 is 1.80 bits per heavy atom. The van der Waals surface area contributed by atoms with Crippen LogP contribution in [0.2, 0.25) is 0 Å². The fourth-order valence-corrected chi connectivity index (χ4v) is 2.53. The first-order valence-electron chi connectivity index (χ1n) is 8.36. The zero-order valence-electron chi connectivity index (χ0n) is 14.2. The normalized spacial score (nSPS) is 11.8. The van der Waals surface area contributed by atoms with Crippen LogP contribution in [0.5, 0.6) is 5.75 Å². The summed E-state index contributed by atoms with van der Waals surface area (Å²) in [6.07, 6.45) is 1.56. The summed E-state index contributed by atoms with van der Waals surface area (Å²) in [5, 5.41) is 3.28. The molecule has 1 heterocycles. The highest BCUT2D eigenvalue weighted by Crippen LogP contribution is 2.22. The summed E-state index contributed by atoms with van der Waals surface area (Å²) in [7, 11) is 0. The highest BCUT2D eigenvalue weighted by Gasteiger charge is 2.07. The number of aromatic nitrogens is 2. The van der Waals surface area contributed by atoms with E-state index in [2.05, 4.69) is 15.3 Å². The quantitative estimate of drug-likeness (QED) is 0.690. The van der Waals surface area contributed by atoms with E-state index in [-0.39, 0.29) is 6.04 Å². The van der Waals surface area contributed by atoms with E-state index in [1.807, 2.05) is 67.6 Å². The minimum atomic E-state index is -0.0925. The van der Waals surface area contributed by atoms with Crippen LogP contribution in [0.3, 0.4) is 0 Å². The molecule has 5 heteroatoms. The first-order valence-corrected chi connectivity index (χ1v) is 8.36. The zero-order valence-corrected chi connectivity index (χ0v) is 14.2. The second kappa shape index (κ2) is 8.26. The first kappa shape index (κ1) is 16.9. The molecule has 0 saturated heterocycles. The van der Waals surface area contributed by atoms with Crippen molar-refractivity contribution < 1.29 is 4.74 Å². The van der Waals surface area contributed by atoms with Crippen molar-refractivity contribution in [1.29, 1.82) is 0 Å². The number of nitrogens with two attached hydrogens (primary N) is 1. The van der Waals surface area contributed by atoms with E-state index in [0.717, 1.165) is 28.4 Å². The van der Waals surface area contributed by atoms with Gasteiger partial charge in [0.05, 0.1) is 12.3 Å². The van der Waals surface area contributed by atoms with E-state index in [0.29, 0.717) is 13.2 Å². The van der Waals surface area contributed by atoms with Gasteiger partial charge in [0.25, 0.3) is 0 Å². The summed E-state index contributed by atoms with van der Waals surface area (Å²) in [5.41, 5.74) is 9.18. The third-order valence-corrected chi connectivity index (χ3v) is 3.86. The molecule has 0 bridgehead atoms. The van der Waals surface area contributed by atoms with Gasteiger partial charge in [-0.1, -0.05) is 30.3 Å². The number of rotatable bonds is 7. The van der Waals surface area contributed by atoms with Gasteiger partial charge in [0.1, 0.15) is 17.9 Å². The molecule has 25 heavy (non-hydrogen) atoms. The molecule has 3 N–H and O–H groups in total. The van der Waals surface area contributed by atoms with Gasteiger partial charge in [-0.3, -0.25) is 0 Å². The van der Waals surface area contributed by atoms with Gasteiger partial charge >= 0.3 is 0 Å². The van der Waals surface area contributed by atoms with Crippen LogP contribution in [-0.2, 0) is 0 Å². The molecule has 3 aromatic rings. The number of hydrogen-bond acceptors (Lipinski definition) is 5. The van der Waals surface area contributed by atoms with Crippen molar-refractivity contribution in [1.82, 2.24) is 9.97 Å². The first-order chi connectivity index (χ1) is 12.3. The Hall–Kier alpha value is -2.92. The molecule has 0 amide bonds. The van der Waals surface area contributed by atoms with Crippen LogP contribution in [0, 0.1) is 0 Å². The van der Waals surface area contributed by atoms with Crippen LogP contribution >= 0.6 is 0 Å². The lowest BCUT2D eigenvalue weighted by atomic mass is 10.1. The molecule has 2 aromatic carbocycles. The highest BCUT2D eigenvalue weighted by molar-refractivity contribution is 5.62. The average Bonchev–Trinajstić information content (AvgIpc) is 2.68. The largest absolute Gasteiger partial charge is 0.494 e. The van der Waals surface area contributed by atoms with Gasteiger partial charge in [-0.15, -0.1) is 0 Å². The van der Waals surface area contributed by atoms with Crippen molar-refractivity contribution in [3.63, 3.8) is 0 Å². The maximum atomic E-state index is 6.22. The lowest BCUT2D eigenvalue weighted by Crippen LogP contribution is -2.20. The second-order valence-electron chi connectivity index (χ2n) is 5.64. The van der Waals surface area contributed by atoms with Crippen LogP contribution in [0.4, 0.5) is 5.82 Å². The minimum Gasteiger partial charge on any atom is -0.494 e. The maximum absolute atomic E-state index is 6.22. The van der Waals surface area contributed by atoms with Crippen LogP contribution in [-0.4, -0.2) is 23.1 Å². The van der Waals surface area contributed by atoms with Crippen molar-refractivity contribution in [2.75, 3.05) is 18.5 Å². The summed E-state index contributed by atoms with van der Waals surface area (Å²) in [4.78, 5) is 8.62. The lowest BCUT2D eigenvalue weighted by Gasteiger charge is -2.14. The van der Waals surface area contributed by atoms with Crippen molar-refractivity contribution in [2.24, 2.45) is 5.73 Å². The van der Waals surface area contributed by atoms with Gasteiger partial charge in [-0.05, 0) is 36.8 Å². The molecule has 5 nitrogen and oxygen atoms in total. The maximum Gasteiger partial charge on any atom is 0.130 e. The van der Waals surface area contributed by atoms with Crippen LogP contribution in [0.1, 0.15) is 18.5 Å². The lowest BCUT2D eigenvalue weighted by molar-refractivity contribution is 0.340. The standard InChI is InChI=1S/C20H22N4O/c1-2-25-17-10-8-16(9-11-17)19-12-20(24-14-23-19)22-13-18(21)15-6-4-3-5-7-15/h3-12,14,18H,2,13,21H2,1H3,(H,22,23,24). The van der Waals surface area contributed by atoms with Gasteiger partial charge in [-0.2, -0.15) is 0 Å². The van der Waals surface area contributed by atoms with Crippen LogP contribution in [0.15, 0.2) is 67.0 Å². The number of benzene rings is 2. The van der Waals surface area contributed by atoms with E-state index >= 15 is 0 Å². The number of ether oxygens (including phenoxy) is 1. The molecule has 1 atom stereocenters. The Bertz CT molecular complexity index is 790. The van der Waals surface area contributed by atoms with Crippen LogP contribution < -0.4 is 15.8 Å². The summed E-state index contributed by atoms with van der Waals surface area (Å²) in [5.74, 6) is 1.61. The molecule has 0 radical (unpaired) electrons. The third kappa shape index (κ3) is 4.55. The van der Waals surface area contributed by atoms with E-state index in [9.17, 15) is 0 Å². The van der Waals surface area contributed by atoms with Crippen molar-refractivity contribution in [2.45, 2.75) is 13.0 Å². The molecule has 128 valence electrons. The smallest absolute Gasteiger partial charge is 0.130 e. The fraction of sp³-hybridized carbons (Fsp3) is 0.200. The fourth-order valence-electron chi connectivity index (χ4n) is 2.53.